The number of benzene rings is 3. The Morgan fingerprint density at radius 3 is 2.28 bits per heavy atom. The van der Waals surface area contributed by atoms with Gasteiger partial charge in [-0.3, -0.25) is 4.98 Å². The lowest BCUT2D eigenvalue weighted by molar-refractivity contribution is -0.137. The molecule has 1 unspecified atom stereocenters. The monoisotopic (exact) mass is 527 g/mol. The van der Waals surface area contributed by atoms with E-state index >= 15 is 0 Å². The fourth-order valence-corrected chi connectivity index (χ4v) is 5.21. The molecule has 2 heterocycles. The van der Waals surface area contributed by atoms with E-state index in [1.807, 2.05) is 54.6 Å². The van der Waals surface area contributed by atoms with Crippen molar-refractivity contribution in [2.75, 3.05) is 5.32 Å². The van der Waals surface area contributed by atoms with Crippen LogP contribution in [0.25, 0.3) is 10.2 Å². The van der Waals surface area contributed by atoms with Crippen LogP contribution < -0.4 is 5.32 Å². The first-order chi connectivity index (χ1) is 17.2. The number of nitrogens with one attached hydrogen (secondary N) is 1. The highest BCUT2D eigenvalue weighted by atomic mass is 35.5. The SMILES string of the molecule is Fc1cc(C(F)(F)F)cc(C(Cc2ccccc2)(Nc2nc3ccccc3s2)c2ccc(Cl)cn2)c1. The average Bonchev–Trinajstić information content (AvgIpc) is 3.26. The number of hydrogen-bond donors (Lipinski definition) is 1. The number of para-hydroxylation sites is 1. The summed E-state index contributed by atoms with van der Waals surface area (Å²) in [6.07, 6.45) is -3.15. The van der Waals surface area contributed by atoms with Crippen molar-refractivity contribution >= 4 is 38.3 Å². The van der Waals surface area contributed by atoms with Crippen LogP contribution in [0.4, 0.5) is 22.7 Å². The third-order valence-corrected chi connectivity index (χ3v) is 6.98. The van der Waals surface area contributed by atoms with Gasteiger partial charge in [0.25, 0.3) is 0 Å². The van der Waals surface area contributed by atoms with E-state index in [2.05, 4.69) is 15.3 Å². The maximum Gasteiger partial charge on any atom is 0.416 e. The molecule has 0 fully saturated rings. The summed E-state index contributed by atoms with van der Waals surface area (Å²) >= 11 is 7.44. The molecule has 0 saturated carbocycles. The lowest BCUT2D eigenvalue weighted by atomic mass is 9.80. The molecule has 0 bridgehead atoms. The number of hydrogen-bond acceptors (Lipinski definition) is 4. The summed E-state index contributed by atoms with van der Waals surface area (Å²) in [6, 6.07) is 22.5. The average molecular weight is 528 g/mol. The first-order valence-electron chi connectivity index (χ1n) is 10.9. The Hall–Kier alpha value is -3.49. The largest absolute Gasteiger partial charge is 0.416 e. The molecule has 0 aliphatic heterocycles. The van der Waals surface area contributed by atoms with E-state index in [4.69, 9.17) is 11.6 Å². The first-order valence-corrected chi connectivity index (χ1v) is 12.1. The summed E-state index contributed by atoms with van der Waals surface area (Å²) in [7, 11) is 0. The second kappa shape index (κ2) is 9.52. The second-order valence-corrected chi connectivity index (χ2v) is 9.73. The molecule has 1 atom stereocenters. The molecule has 0 saturated heterocycles. The fraction of sp³-hybridized carbons (Fsp3) is 0.111. The molecule has 0 radical (unpaired) electrons. The summed E-state index contributed by atoms with van der Waals surface area (Å²) in [5.41, 5.74) is -0.517. The molecule has 0 aliphatic rings. The van der Waals surface area contributed by atoms with Crippen LogP contribution in [0.2, 0.25) is 5.02 Å². The van der Waals surface area contributed by atoms with Gasteiger partial charge < -0.3 is 5.32 Å². The summed E-state index contributed by atoms with van der Waals surface area (Å²) in [4.78, 5) is 9.11. The quantitative estimate of drug-likeness (QED) is 0.227. The van der Waals surface area contributed by atoms with Crippen molar-refractivity contribution in [2.45, 2.75) is 18.1 Å². The van der Waals surface area contributed by atoms with Gasteiger partial charge in [-0.05, 0) is 53.6 Å². The minimum atomic E-state index is -4.74. The Labute approximate surface area is 213 Å². The molecule has 36 heavy (non-hydrogen) atoms. The van der Waals surface area contributed by atoms with Crippen molar-refractivity contribution in [3.05, 3.63) is 124 Å². The number of alkyl halides is 3. The normalized spacial score (nSPS) is 13.5. The molecule has 5 aromatic rings. The number of fused-ring (bicyclic) bond motifs is 1. The molecular formula is C27H18ClF4N3S. The number of halogens is 5. The summed E-state index contributed by atoms with van der Waals surface area (Å²) in [6.45, 7) is 0. The Morgan fingerprint density at radius 2 is 1.58 bits per heavy atom. The van der Waals surface area contributed by atoms with E-state index < -0.39 is 23.1 Å². The van der Waals surface area contributed by atoms with Crippen molar-refractivity contribution in [2.24, 2.45) is 0 Å². The predicted octanol–water partition coefficient (Wildman–Crippen LogP) is 8.10. The van der Waals surface area contributed by atoms with Gasteiger partial charge in [-0.2, -0.15) is 13.2 Å². The molecule has 182 valence electrons. The van der Waals surface area contributed by atoms with E-state index in [0.717, 1.165) is 27.9 Å². The van der Waals surface area contributed by atoms with Crippen LogP contribution in [0, 0.1) is 5.82 Å². The van der Waals surface area contributed by atoms with Gasteiger partial charge in [-0.15, -0.1) is 0 Å². The second-order valence-electron chi connectivity index (χ2n) is 8.27. The Bertz CT molecular complexity index is 1470. The van der Waals surface area contributed by atoms with E-state index in [9.17, 15) is 17.6 Å². The van der Waals surface area contributed by atoms with E-state index in [-0.39, 0.29) is 12.0 Å². The van der Waals surface area contributed by atoms with Gasteiger partial charge in [-0.25, -0.2) is 9.37 Å². The third kappa shape index (κ3) is 4.92. The minimum Gasteiger partial charge on any atom is -0.346 e. The molecule has 3 aromatic carbocycles. The number of thiazole rings is 1. The topological polar surface area (TPSA) is 37.8 Å². The van der Waals surface area contributed by atoms with Gasteiger partial charge in [0.1, 0.15) is 11.4 Å². The minimum absolute atomic E-state index is 0.0627. The molecule has 0 amide bonds. The van der Waals surface area contributed by atoms with E-state index in [0.29, 0.717) is 21.9 Å². The van der Waals surface area contributed by atoms with Crippen LogP contribution in [0.5, 0.6) is 0 Å². The summed E-state index contributed by atoms with van der Waals surface area (Å²) in [5.74, 6) is -1.00. The highest BCUT2D eigenvalue weighted by Gasteiger charge is 2.40. The smallest absolute Gasteiger partial charge is 0.346 e. The maximum atomic E-state index is 14.7. The Morgan fingerprint density at radius 1 is 0.861 bits per heavy atom. The van der Waals surface area contributed by atoms with Crippen LogP contribution in [0.15, 0.2) is 91.1 Å². The summed E-state index contributed by atoms with van der Waals surface area (Å²) in [5, 5.41) is 4.18. The fourth-order valence-electron chi connectivity index (χ4n) is 4.16. The molecule has 9 heteroatoms. The standard InChI is InChI=1S/C27H18ClF4N3S/c28-20-10-11-24(33-16-20)26(15-17-6-2-1-3-7-17,18-12-19(27(30,31)32)14-21(29)13-18)35-25-34-22-8-4-5-9-23(22)36-25/h1-14,16H,15H2,(H,34,35). The molecule has 3 nitrogen and oxygen atoms in total. The van der Waals surface area contributed by atoms with Crippen molar-refractivity contribution in [1.82, 2.24) is 9.97 Å². The Kier molecular flexibility index (Phi) is 6.40. The van der Waals surface area contributed by atoms with Gasteiger partial charge in [0.15, 0.2) is 5.13 Å². The van der Waals surface area contributed by atoms with Crippen molar-refractivity contribution in [1.29, 1.82) is 0 Å². The molecule has 0 aliphatic carbocycles. The number of anilines is 1. The zero-order chi connectivity index (χ0) is 25.3. The molecule has 0 spiro atoms. The Balaban J connectivity index is 1.77. The number of pyridine rings is 1. The molecular weight excluding hydrogens is 510 g/mol. The lowest BCUT2D eigenvalue weighted by Crippen LogP contribution is -2.40. The van der Waals surface area contributed by atoms with Crippen LogP contribution >= 0.6 is 22.9 Å². The van der Waals surface area contributed by atoms with Crippen molar-refractivity contribution in [3.8, 4) is 0 Å². The molecule has 1 N–H and O–H groups in total. The number of nitrogens with zero attached hydrogens (tertiary/aromatic N) is 2. The van der Waals surface area contributed by atoms with Gasteiger partial charge >= 0.3 is 6.18 Å². The van der Waals surface area contributed by atoms with E-state index in [1.165, 1.54) is 17.5 Å². The third-order valence-electron chi connectivity index (χ3n) is 5.81. The van der Waals surface area contributed by atoms with Crippen LogP contribution in [-0.4, -0.2) is 9.97 Å². The highest BCUT2D eigenvalue weighted by molar-refractivity contribution is 7.22. The molecule has 2 aromatic heterocycles. The van der Waals surface area contributed by atoms with Crippen LogP contribution in [0.3, 0.4) is 0 Å². The van der Waals surface area contributed by atoms with Crippen LogP contribution in [-0.2, 0) is 18.1 Å². The van der Waals surface area contributed by atoms with E-state index in [1.54, 1.807) is 12.1 Å². The number of aromatic nitrogens is 2. The zero-order valence-corrected chi connectivity index (χ0v) is 20.1. The predicted molar refractivity (Wildman–Crippen MR) is 135 cm³/mol. The van der Waals surface area contributed by atoms with Crippen molar-refractivity contribution < 1.29 is 17.6 Å². The first kappa shape index (κ1) is 24.2. The van der Waals surface area contributed by atoms with Gasteiger partial charge in [0, 0.05) is 12.6 Å². The van der Waals surface area contributed by atoms with Crippen molar-refractivity contribution in [3.63, 3.8) is 0 Å². The summed E-state index contributed by atoms with van der Waals surface area (Å²) < 4.78 is 56.9. The number of rotatable bonds is 6. The molecule has 5 rings (SSSR count). The lowest BCUT2D eigenvalue weighted by Gasteiger charge is -2.36. The van der Waals surface area contributed by atoms with Gasteiger partial charge in [-0.1, -0.05) is 65.4 Å². The van der Waals surface area contributed by atoms with Gasteiger partial charge in [0.05, 0.1) is 26.5 Å². The zero-order valence-electron chi connectivity index (χ0n) is 18.6. The van der Waals surface area contributed by atoms with Gasteiger partial charge in [0.2, 0.25) is 0 Å². The highest BCUT2D eigenvalue weighted by Crippen LogP contribution is 2.41. The van der Waals surface area contributed by atoms with Crippen LogP contribution in [0.1, 0.15) is 22.4 Å². The maximum absolute atomic E-state index is 14.7.